The number of rotatable bonds is 0. The number of H-pyrrole nitrogens is 1. The van der Waals surface area contributed by atoms with E-state index < -0.39 is 0 Å². The molecule has 0 amide bonds. The quantitative estimate of drug-likeness (QED) is 0.603. The van der Waals surface area contributed by atoms with E-state index in [9.17, 15) is 0 Å². The second-order valence-electron chi connectivity index (χ2n) is 4.54. The molecule has 80 valence electrons. The minimum atomic E-state index is 0.981. The Balaban J connectivity index is 2.57. The molecule has 2 heterocycles. The topological polar surface area (TPSA) is 28.7 Å². The lowest BCUT2D eigenvalue weighted by molar-refractivity contribution is 1.29. The van der Waals surface area contributed by atoms with E-state index in [0.29, 0.717) is 0 Å². The van der Waals surface area contributed by atoms with Gasteiger partial charge < -0.3 is 4.98 Å². The molecule has 0 aliphatic rings. The molecule has 2 aromatic heterocycles. The molecule has 0 unspecified atom stereocenters. The highest BCUT2D eigenvalue weighted by atomic mass is 14.8. The molecule has 2 nitrogen and oxygen atoms in total. The average Bonchev–Trinajstić information content (AvgIpc) is 2.57. The van der Waals surface area contributed by atoms with E-state index in [2.05, 4.69) is 48.9 Å². The molecular weight excluding hydrogens is 196 g/mol. The summed E-state index contributed by atoms with van der Waals surface area (Å²) in [5, 5.41) is 2.51. The van der Waals surface area contributed by atoms with Gasteiger partial charge >= 0.3 is 0 Å². The number of fused-ring (bicyclic) bond motifs is 3. The summed E-state index contributed by atoms with van der Waals surface area (Å²) in [6.07, 6.45) is 1.90. The van der Waals surface area contributed by atoms with Gasteiger partial charge in [0.1, 0.15) is 5.65 Å². The fourth-order valence-electron chi connectivity index (χ4n) is 2.34. The molecule has 16 heavy (non-hydrogen) atoms. The van der Waals surface area contributed by atoms with Crippen LogP contribution in [0, 0.1) is 20.8 Å². The molecule has 0 aliphatic carbocycles. The number of aromatic nitrogens is 2. The van der Waals surface area contributed by atoms with E-state index in [1.54, 1.807) is 0 Å². The third-order valence-electron chi connectivity index (χ3n) is 3.04. The molecule has 0 bridgehead atoms. The van der Waals surface area contributed by atoms with E-state index in [1.807, 2.05) is 6.20 Å². The van der Waals surface area contributed by atoms with Crippen LogP contribution in [0.3, 0.4) is 0 Å². The molecule has 0 spiro atoms. The number of hydrogen-bond acceptors (Lipinski definition) is 1. The van der Waals surface area contributed by atoms with Gasteiger partial charge in [0.05, 0.1) is 5.52 Å². The van der Waals surface area contributed by atoms with Gasteiger partial charge in [-0.2, -0.15) is 0 Å². The van der Waals surface area contributed by atoms with Crippen molar-refractivity contribution in [3.63, 3.8) is 0 Å². The Labute approximate surface area is 94.3 Å². The number of nitrogens with one attached hydrogen (secondary N) is 1. The van der Waals surface area contributed by atoms with Crippen LogP contribution in [0.2, 0.25) is 0 Å². The second-order valence-corrected chi connectivity index (χ2v) is 4.54. The van der Waals surface area contributed by atoms with Crippen molar-refractivity contribution in [2.45, 2.75) is 20.8 Å². The average molecular weight is 210 g/mol. The fourth-order valence-corrected chi connectivity index (χ4v) is 2.34. The summed E-state index contributed by atoms with van der Waals surface area (Å²) in [7, 11) is 0. The zero-order chi connectivity index (χ0) is 11.3. The number of aryl methyl sites for hydroxylation is 3. The van der Waals surface area contributed by atoms with E-state index >= 15 is 0 Å². The predicted molar refractivity (Wildman–Crippen MR) is 67.8 cm³/mol. The van der Waals surface area contributed by atoms with Crippen molar-refractivity contribution in [3.8, 4) is 0 Å². The zero-order valence-corrected chi connectivity index (χ0v) is 9.76. The highest BCUT2D eigenvalue weighted by Crippen LogP contribution is 2.27. The smallest absolute Gasteiger partial charge is 0.138 e. The SMILES string of the molecule is Cc1cnc2[nH]c3c(C)cc(C)cc3c2c1. The molecule has 0 saturated heterocycles. The largest absolute Gasteiger partial charge is 0.339 e. The zero-order valence-electron chi connectivity index (χ0n) is 9.76. The normalized spacial score (nSPS) is 11.4. The summed E-state index contributed by atoms with van der Waals surface area (Å²) in [5.41, 5.74) is 5.97. The maximum absolute atomic E-state index is 4.43. The van der Waals surface area contributed by atoms with Crippen LogP contribution in [0.5, 0.6) is 0 Å². The Morgan fingerprint density at radius 1 is 0.938 bits per heavy atom. The first-order valence-corrected chi connectivity index (χ1v) is 5.50. The second kappa shape index (κ2) is 3.08. The molecule has 0 radical (unpaired) electrons. The van der Waals surface area contributed by atoms with Crippen LogP contribution in [-0.2, 0) is 0 Å². The Kier molecular flexibility index (Phi) is 1.81. The van der Waals surface area contributed by atoms with Gasteiger partial charge in [-0.3, -0.25) is 0 Å². The van der Waals surface area contributed by atoms with Crippen LogP contribution in [-0.4, -0.2) is 9.97 Å². The Morgan fingerprint density at radius 2 is 1.69 bits per heavy atom. The molecule has 2 heteroatoms. The first kappa shape index (κ1) is 9.40. The summed E-state index contributed by atoms with van der Waals surface area (Å²) in [6.45, 7) is 6.35. The van der Waals surface area contributed by atoms with Crippen LogP contribution < -0.4 is 0 Å². The molecule has 0 atom stereocenters. The molecule has 3 rings (SSSR count). The minimum Gasteiger partial charge on any atom is -0.339 e. The molecule has 0 aliphatic heterocycles. The van der Waals surface area contributed by atoms with Crippen LogP contribution in [0.25, 0.3) is 21.9 Å². The van der Waals surface area contributed by atoms with E-state index in [4.69, 9.17) is 0 Å². The van der Waals surface area contributed by atoms with Crippen molar-refractivity contribution < 1.29 is 0 Å². The van der Waals surface area contributed by atoms with Crippen molar-refractivity contribution in [2.75, 3.05) is 0 Å². The van der Waals surface area contributed by atoms with Gasteiger partial charge in [0.2, 0.25) is 0 Å². The van der Waals surface area contributed by atoms with Gasteiger partial charge in [0, 0.05) is 17.0 Å². The van der Waals surface area contributed by atoms with Crippen LogP contribution in [0.4, 0.5) is 0 Å². The van der Waals surface area contributed by atoms with E-state index in [0.717, 1.165) is 5.65 Å². The molecular formula is C14H14N2. The lowest BCUT2D eigenvalue weighted by Crippen LogP contribution is -1.78. The fraction of sp³-hybridized carbons (Fsp3) is 0.214. The van der Waals surface area contributed by atoms with Crippen molar-refractivity contribution in [1.29, 1.82) is 0 Å². The third kappa shape index (κ3) is 1.23. The van der Waals surface area contributed by atoms with Crippen molar-refractivity contribution >= 4 is 21.9 Å². The summed E-state index contributed by atoms with van der Waals surface area (Å²) in [5.74, 6) is 0. The highest BCUT2D eigenvalue weighted by molar-refractivity contribution is 6.07. The summed E-state index contributed by atoms with van der Waals surface area (Å²) >= 11 is 0. The Bertz CT molecular complexity index is 693. The standard InChI is InChI=1S/C14H14N2/c1-8-4-10(3)13-11(5-8)12-6-9(2)7-15-14(12)16-13/h4-7H,1-3H3,(H,15,16). The van der Waals surface area contributed by atoms with E-state index in [-0.39, 0.29) is 0 Å². The molecule has 1 N–H and O–H groups in total. The number of benzene rings is 1. The maximum atomic E-state index is 4.43. The third-order valence-corrected chi connectivity index (χ3v) is 3.04. The van der Waals surface area contributed by atoms with Gasteiger partial charge in [0.15, 0.2) is 0 Å². The predicted octanol–water partition coefficient (Wildman–Crippen LogP) is 3.64. The number of pyridine rings is 1. The molecule has 0 fully saturated rings. The number of aromatic amines is 1. The number of nitrogens with zero attached hydrogens (tertiary/aromatic N) is 1. The molecule has 0 saturated carbocycles. The monoisotopic (exact) mass is 210 g/mol. The summed E-state index contributed by atoms with van der Waals surface area (Å²) < 4.78 is 0. The van der Waals surface area contributed by atoms with Crippen molar-refractivity contribution in [3.05, 3.63) is 41.1 Å². The van der Waals surface area contributed by atoms with Gasteiger partial charge in [-0.15, -0.1) is 0 Å². The van der Waals surface area contributed by atoms with Gasteiger partial charge in [-0.05, 0) is 44.0 Å². The van der Waals surface area contributed by atoms with Crippen LogP contribution >= 0.6 is 0 Å². The lowest BCUT2D eigenvalue weighted by Gasteiger charge is -1.98. The summed E-state index contributed by atoms with van der Waals surface area (Å²) in [6, 6.07) is 6.62. The van der Waals surface area contributed by atoms with Crippen LogP contribution in [0.15, 0.2) is 24.4 Å². The van der Waals surface area contributed by atoms with Crippen LogP contribution in [0.1, 0.15) is 16.7 Å². The van der Waals surface area contributed by atoms with E-state index in [1.165, 1.54) is 33.0 Å². The molecule has 1 aromatic carbocycles. The number of hydrogen-bond donors (Lipinski definition) is 1. The first-order chi connectivity index (χ1) is 7.65. The van der Waals surface area contributed by atoms with Gasteiger partial charge in [-0.25, -0.2) is 4.98 Å². The first-order valence-electron chi connectivity index (χ1n) is 5.50. The van der Waals surface area contributed by atoms with Gasteiger partial charge in [0.25, 0.3) is 0 Å². The Morgan fingerprint density at radius 3 is 2.50 bits per heavy atom. The van der Waals surface area contributed by atoms with Gasteiger partial charge in [-0.1, -0.05) is 11.6 Å². The summed E-state index contributed by atoms with van der Waals surface area (Å²) in [4.78, 5) is 7.82. The van der Waals surface area contributed by atoms with Crippen molar-refractivity contribution in [1.82, 2.24) is 9.97 Å². The maximum Gasteiger partial charge on any atom is 0.138 e. The Hall–Kier alpha value is -1.83. The lowest BCUT2D eigenvalue weighted by atomic mass is 10.1. The van der Waals surface area contributed by atoms with Crippen molar-refractivity contribution in [2.24, 2.45) is 0 Å². The molecule has 3 aromatic rings. The minimum absolute atomic E-state index is 0.981. The highest BCUT2D eigenvalue weighted by Gasteiger charge is 2.07.